The van der Waals surface area contributed by atoms with Crippen LogP contribution in [0.5, 0.6) is 0 Å². The summed E-state index contributed by atoms with van der Waals surface area (Å²) in [7, 11) is 0. The molecule has 6 nitrogen and oxygen atoms in total. The maximum atomic E-state index is 12.4. The Morgan fingerprint density at radius 1 is 1.39 bits per heavy atom. The van der Waals surface area contributed by atoms with Crippen molar-refractivity contribution in [3.8, 4) is 0 Å². The van der Waals surface area contributed by atoms with Gasteiger partial charge in [0.25, 0.3) is 5.91 Å². The quantitative estimate of drug-likeness (QED) is 0.914. The zero-order chi connectivity index (χ0) is 16.2. The van der Waals surface area contributed by atoms with Crippen molar-refractivity contribution in [2.75, 3.05) is 26.2 Å². The SMILES string of the molecule is CC(C)CN1CCC(CNC(=O)c2cccn3cnnc23)CC1. The molecule has 0 radical (unpaired) electrons. The summed E-state index contributed by atoms with van der Waals surface area (Å²) in [5.74, 6) is 1.23. The summed E-state index contributed by atoms with van der Waals surface area (Å²) in [6.07, 6.45) is 5.76. The lowest BCUT2D eigenvalue weighted by molar-refractivity contribution is 0.0935. The van der Waals surface area contributed by atoms with Gasteiger partial charge < -0.3 is 10.2 Å². The highest BCUT2D eigenvalue weighted by molar-refractivity contribution is 5.99. The molecule has 0 saturated carbocycles. The van der Waals surface area contributed by atoms with E-state index in [4.69, 9.17) is 0 Å². The standard InChI is InChI=1S/C17H25N5O/c1-13(2)11-21-8-5-14(6-9-21)10-18-17(23)15-4-3-7-22-12-19-20-16(15)22/h3-4,7,12-14H,5-6,8-11H2,1-2H3,(H,18,23). The molecule has 0 aliphatic carbocycles. The molecule has 0 spiro atoms. The lowest BCUT2D eigenvalue weighted by Gasteiger charge is -2.33. The normalized spacial score (nSPS) is 17.0. The number of fused-ring (bicyclic) bond motifs is 1. The molecule has 124 valence electrons. The Bertz CT molecular complexity index is 658. The van der Waals surface area contributed by atoms with Gasteiger partial charge in [0.15, 0.2) is 5.65 Å². The molecule has 1 saturated heterocycles. The van der Waals surface area contributed by atoms with E-state index in [0.29, 0.717) is 17.1 Å². The minimum absolute atomic E-state index is 0.0618. The molecule has 0 aromatic carbocycles. The Morgan fingerprint density at radius 3 is 2.91 bits per heavy atom. The summed E-state index contributed by atoms with van der Waals surface area (Å²) in [5, 5.41) is 10.9. The number of hydrogen-bond acceptors (Lipinski definition) is 4. The molecule has 0 bridgehead atoms. The van der Waals surface area contributed by atoms with Gasteiger partial charge in [-0.2, -0.15) is 0 Å². The monoisotopic (exact) mass is 315 g/mol. The number of likely N-dealkylation sites (tertiary alicyclic amines) is 1. The zero-order valence-electron chi connectivity index (χ0n) is 13.9. The van der Waals surface area contributed by atoms with E-state index in [0.717, 1.165) is 38.4 Å². The maximum Gasteiger partial charge on any atom is 0.255 e. The van der Waals surface area contributed by atoms with Gasteiger partial charge >= 0.3 is 0 Å². The van der Waals surface area contributed by atoms with Crippen LogP contribution in [0.1, 0.15) is 37.0 Å². The molecular weight excluding hydrogens is 290 g/mol. The van der Waals surface area contributed by atoms with Crippen LogP contribution in [0.4, 0.5) is 0 Å². The largest absolute Gasteiger partial charge is 0.352 e. The molecule has 1 aliphatic heterocycles. The highest BCUT2D eigenvalue weighted by Gasteiger charge is 2.21. The van der Waals surface area contributed by atoms with E-state index in [1.807, 2.05) is 12.3 Å². The lowest BCUT2D eigenvalue weighted by Crippen LogP contribution is -2.40. The van der Waals surface area contributed by atoms with Gasteiger partial charge in [-0.15, -0.1) is 10.2 Å². The summed E-state index contributed by atoms with van der Waals surface area (Å²) >= 11 is 0. The van der Waals surface area contributed by atoms with Crippen molar-refractivity contribution in [1.82, 2.24) is 24.8 Å². The first kappa shape index (κ1) is 15.9. The van der Waals surface area contributed by atoms with Crippen LogP contribution < -0.4 is 5.32 Å². The summed E-state index contributed by atoms with van der Waals surface area (Å²) in [6.45, 7) is 8.71. The summed E-state index contributed by atoms with van der Waals surface area (Å²) in [4.78, 5) is 14.9. The molecule has 3 rings (SSSR count). The number of hydrogen-bond donors (Lipinski definition) is 1. The van der Waals surface area contributed by atoms with Gasteiger partial charge in [-0.3, -0.25) is 9.20 Å². The van der Waals surface area contributed by atoms with Crippen molar-refractivity contribution in [2.24, 2.45) is 11.8 Å². The van der Waals surface area contributed by atoms with Crippen molar-refractivity contribution < 1.29 is 4.79 Å². The number of carbonyl (C=O) groups excluding carboxylic acids is 1. The van der Waals surface area contributed by atoms with Crippen molar-refractivity contribution in [3.05, 3.63) is 30.2 Å². The predicted molar refractivity (Wildman–Crippen MR) is 89.3 cm³/mol. The van der Waals surface area contributed by atoms with E-state index in [-0.39, 0.29) is 5.91 Å². The molecular formula is C17H25N5O. The van der Waals surface area contributed by atoms with E-state index in [2.05, 4.69) is 34.3 Å². The number of nitrogens with one attached hydrogen (secondary N) is 1. The second-order valence-electron chi connectivity index (χ2n) is 6.83. The predicted octanol–water partition coefficient (Wildman–Crippen LogP) is 1.83. The van der Waals surface area contributed by atoms with Gasteiger partial charge in [-0.25, -0.2) is 0 Å². The molecule has 1 fully saturated rings. The topological polar surface area (TPSA) is 62.5 Å². The van der Waals surface area contributed by atoms with Crippen molar-refractivity contribution in [2.45, 2.75) is 26.7 Å². The fourth-order valence-electron chi connectivity index (χ4n) is 3.25. The molecule has 0 atom stereocenters. The van der Waals surface area contributed by atoms with Gasteiger partial charge in [0.1, 0.15) is 6.33 Å². The van der Waals surface area contributed by atoms with Crippen LogP contribution in [-0.2, 0) is 0 Å². The molecule has 1 amide bonds. The fraction of sp³-hybridized carbons (Fsp3) is 0.588. The summed E-state index contributed by atoms with van der Waals surface area (Å²) in [5.41, 5.74) is 1.19. The fourth-order valence-corrected chi connectivity index (χ4v) is 3.25. The number of aromatic nitrogens is 3. The van der Waals surface area contributed by atoms with Crippen molar-refractivity contribution in [3.63, 3.8) is 0 Å². The third-order valence-corrected chi connectivity index (χ3v) is 4.45. The van der Waals surface area contributed by atoms with E-state index >= 15 is 0 Å². The second kappa shape index (κ2) is 7.08. The third-order valence-electron chi connectivity index (χ3n) is 4.45. The summed E-state index contributed by atoms with van der Waals surface area (Å²) < 4.78 is 1.76. The molecule has 2 aromatic heterocycles. The second-order valence-corrected chi connectivity index (χ2v) is 6.83. The van der Waals surface area contributed by atoms with Crippen molar-refractivity contribution >= 4 is 11.6 Å². The van der Waals surface area contributed by atoms with Crippen LogP contribution >= 0.6 is 0 Å². The minimum atomic E-state index is -0.0618. The number of rotatable bonds is 5. The van der Waals surface area contributed by atoms with E-state index in [1.165, 1.54) is 6.54 Å². The summed E-state index contributed by atoms with van der Waals surface area (Å²) in [6, 6.07) is 3.64. The Hall–Kier alpha value is -1.95. The Kier molecular flexibility index (Phi) is 4.91. The number of piperidine rings is 1. The van der Waals surface area contributed by atoms with Crippen LogP contribution in [0.25, 0.3) is 5.65 Å². The number of pyridine rings is 1. The van der Waals surface area contributed by atoms with Gasteiger partial charge in [0.2, 0.25) is 0 Å². The van der Waals surface area contributed by atoms with Crippen LogP contribution in [0, 0.1) is 11.8 Å². The zero-order valence-corrected chi connectivity index (χ0v) is 13.9. The van der Waals surface area contributed by atoms with Gasteiger partial charge in [0, 0.05) is 19.3 Å². The van der Waals surface area contributed by atoms with Crippen LogP contribution in [-0.4, -0.2) is 51.6 Å². The van der Waals surface area contributed by atoms with Crippen molar-refractivity contribution in [1.29, 1.82) is 0 Å². The molecule has 1 N–H and O–H groups in total. The number of carbonyl (C=O) groups is 1. The lowest BCUT2D eigenvalue weighted by atomic mass is 9.96. The molecule has 0 unspecified atom stereocenters. The van der Waals surface area contributed by atoms with Crippen LogP contribution in [0.15, 0.2) is 24.7 Å². The molecule has 1 aliphatic rings. The Labute approximate surface area is 136 Å². The highest BCUT2D eigenvalue weighted by Crippen LogP contribution is 2.17. The van der Waals surface area contributed by atoms with Gasteiger partial charge in [-0.05, 0) is 49.9 Å². The average molecular weight is 315 g/mol. The van der Waals surface area contributed by atoms with Gasteiger partial charge in [-0.1, -0.05) is 13.8 Å². The van der Waals surface area contributed by atoms with E-state index < -0.39 is 0 Å². The molecule has 6 heteroatoms. The van der Waals surface area contributed by atoms with Crippen LogP contribution in [0.2, 0.25) is 0 Å². The third kappa shape index (κ3) is 3.88. The highest BCUT2D eigenvalue weighted by atomic mass is 16.1. The first-order valence-corrected chi connectivity index (χ1v) is 8.42. The number of amides is 1. The molecule has 2 aromatic rings. The minimum Gasteiger partial charge on any atom is -0.352 e. The van der Waals surface area contributed by atoms with Crippen LogP contribution in [0.3, 0.4) is 0 Å². The van der Waals surface area contributed by atoms with E-state index in [1.54, 1.807) is 16.8 Å². The van der Waals surface area contributed by atoms with Gasteiger partial charge in [0.05, 0.1) is 5.56 Å². The molecule has 23 heavy (non-hydrogen) atoms. The van der Waals surface area contributed by atoms with E-state index in [9.17, 15) is 4.79 Å². The smallest absolute Gasteiger partial charge is 0.255 e. The average Bonchev–Trinajstić information content (AvgIpc) is 3.02. The number of nitrogens with zero attached hydrogens (tertiary/aromatic N) is 4. The Balaban J connectivity index is 1.51. The first-order chi connectivity index (χ1) is 11.1. The molecule has 3 heterocycles. The maximum absolute atomic E-state index is 12.4. The Morgan fingerprint density at radius 2 is 2.17 bits per heavy atom. The first-order valence-electron chi connectivity index (χ1n) is 8.42.